The molecule has 2 aromatic heterocycles. The Bertz CT molecular complexity index is 454. The molecule has 0 saturated heterocycles. The number of aryl methyl sites for hydroxylation is 3. The van der Waals surface area contributed by atoms with Crippen LogP contribution in [0.25, 0.3) is 0 Å². The zero-order valence-corrected chi connectivity index (χ0v) is 9.23. The van der Waals surface area contributed by atoms with E-state index in [9.17, 15) is 0 Å². The highest BCUT2D eigenvalue weighted by molar-refractivity contribution is 5.28. The van der Waals surface area contributed by atoms with Crippen molar-refractivity contribution in [1.82, 2.24) is 19.3 Å². The fraction of sp³-hybridized carbons (Fsp3) is 0.400. The predicted octanol–water partition coefficient (Wildman–Crippen LogP) is 1.07. The molecule has 0 aromatic carbocycles. The maximum absolute atomic E-state index is 4.35. The van der Waals surface area contributed by atoms with E-state index in [-0.39, 0.29) is 0 Å². The number of hydrogen-bond donors (Lipinski definition) is 1. The van der Waals surface area contributed by atoms with E-state index in [4.69, 9.17) is 0 Å². The van der Waals surface area contributed by atoms with Gasteiger partial charge < -0.3 is 9.88 Å². The molecule has 0 fully saturated rings. The molecule has 15 heavy (non-hydrogen) atoms. The number of anilines is 1. The average Bonchev–Trinajstić information content (AvgIpc) is 2.70. The second kappa shape index (κ2) is 3.76. The SMILES string of the molecule is Cc1cn(C)c(NCc2ccn(C)n2)n1. The van der Waals surface area contributed by atoms with Crippen molar-refractivity contribution in [3.8, 4) is 0 Å². The Morgan fingerprint density at radius 1 is 1.40 bits per heavy atom. The van der Waals surface area contributed by atoms with Crippen molar-refractivity contribution >= 4 is 5.95 Å². The zero-order chi connectivity index (χ0) is 10.8. The van der Waals surface area contributed by atoms with Gasteiger partial charge in [0.15, 0.2) is 0 Å². The number of rotatable bonds is 3. The van der Waals surface area contributed by atoms with E-state index in [1.807, 2.05) is 44.0 Å². The predicted molar refractivity (Wildman–Crippen MR) is 58.5 cm³/mol. The van der Waals surface area contributed by atoms with Gasteiger partial charge in [0.05, 0.1) is 17.9 Å². The minimum atomic E-state index is 0.700. The van der Waals surface area contributed by atoms with Crippen LogP contribution in [0.5, 0.6) is 0 Å². The summed E-state index contributed by atoms with van der Waals surface area (Å²) in [5, 5.41) is 7.52. The largest absolute Gasteiger partial charge is 0.350 e. The van der Waals surface area contributed by atoms with Crippen LogP contribution in [-0.4, -0.2) is 19.3 Å². The zero-order valence-electron chi connectivity index (χ0n) is 9.23. The number of nitrogens with one attached hydrogen (secondary N) is 1. The van der Waals surface area contributed by atoms with E-state index < -0.39 is 0 Å². The molecule has 2 rings (SSSR count). The van der Waals surface area contributed by atoms with E-state index in [0.29, 0.717) is 6.54 Å². The van der Waals surface area contributed by atoms with Crippen LogP contribution in [0.3, 0.4) is 0 Å². The summed E-state index contributed by atoms with van der Waals surface area (Å²) in [7, 11) is 3.88. The van der Waals surface area contributed by atoms with Crippen molar-refractivity contribution in [2.75, 3.05) is 5.32 Å². The van der Waals surface area contributed by atoms with Crippen LogP contribution >= 0.6 is 0 Å². The third-order valence-electron chi connectivity index (χ3n) is 2.19. The van der Waals surface area contributed by atoms with Gasteiger partial charge in [-0.25, -0.2) is 4.98 Å². The second-order valence-corrected chi connectivity index (χ2v) is 3.65. The monoisotopic (exact) mass is 205 g/mol. The first-order chi connectivity index (χ1) is 7.15. The lowest BCUT2D eigenvalue weighted by Gasteiger charge is -2.02. The fourth-order valence-electron chi connectivity index (χ4n) is 1.51. The van der Waals surface area contributed by atoms with E-state index in [0.717, 1.165) is 17.3 Å². The van der Waals surface area contributed by atoms with Crippen molar-refractivity contribution in [3.63, 3.8) is 0 Å². The van der Waals surface area contributed by atoms with Crippen LogP contribution in [0.1, 0.15) is 11.4 Å². The van der Waals surface area contributed by atoms with Gasteiger partial charge in [-0.1, -0.05) is 0 Å². The summed E-state index contributed by atoms with van der Waals surface area (Å²) in [6, 6.07) is 1.99. The summed E-state index contributed by atoms with van der Waals surface area (Å²) >= 11 is 0. The van der Waals surface area contributed by atoms with Crippen molar-refractivity contribution < 1.29 is 0 Å². The maximum atomic E-state index is 4.35. The van der Waals surface area contributed by atoms with Gasteiger partial charge in [0.1, 0.15) is 0 Å². The lowest BCUT2D eigenvalue weighted by atomic mass is 10.4. The minimum absolute atomic E-state index is 0.700. The molecule has 5 heteroatoms. The third kappa shape index (κ3) is 2.18. The Balaban J connectivity index is 2.01. The minimum Gasteiger partial charge on any atom is -0.350 e. The molecule has 5 nitrogen and oxygen atoms in total. The molecule has 0 aliphatic rings. The van der Waals surface area contributed by atoms with Gasteiger partial charge in [-0.05, 0) is 13.0 Å². The summed E-state index contributed by atoms with van der Waals surface area (Å²) in [5.41, 5.74) is 2.03. The van der Waals surface area contributed by atoms with Gasteiger partial charge in [0.2, 0.25) is 5.95 Å². The molecule has 0 unspecified atom stereocenters. The first-order valence-electron chi connectivity index (χ1n) is 4.87. The van der Waals surface area contributed by atoms with Crippen molar-refractivity contribution in [1.29, 1.82) is 0 Å². The van der Waals surface area contributed by atoms with E-state index in [1.165, 1.54) is 0 Å². The van der Waals surface area contributed by atoms with Crippen LogP contribution in [-0.2, 0) is 20.6 Å². The van der Waals surface area contributed by atoms with Crippen LogP contribution in [0, 0.1) is 6.92 Å². The number of nitrogens with zero attached hydrogens (tertiary/aromatic N) is 4. The molecule has 0 bridgehead atoms. The van der Waals surface area contributed by atoms with Gasteiger partial charge >= 0.3 is 0 Å². The van der Waals surface area contributed by atoms with E-state index in [1.54, 1.807) is 4.68 Å². The summed E-state index contributed by atoms with van der Waals surface area (Å²) in [6.07, 6.45) is 3.92. The molecular formula is C10H15N5. The van der Waals surface area contributed by atoms with Gasteiger partial charge in [-0.15, -0.1) is 0 Å². The molecule has 2 aromatic rings. The van der Waals surface area contributed by atoms with Crippen LogP contribution in [0.2, 0.25) is 0 Å². The van der Waals surface area contributed by atoms with Gasteiger partial charge in [-0.3, -0.25) is 4.68 Å². The third-order valence-corrected chi connectivity index (χ3v) is 2.19. The van der Waals surface area contributed by atoms with E-state index in [2.05, 4.69) is 15.4 Å². The summed E-state index contributed by atoms with van der Waals surface area (Å²) in [6.45, 7) is 2.68. The molecule has 0 atom stereocenters. The van der Waals surface area contributed by atoms with Gasteiger partial charge in [-0.2, -0.15) is 5.10 Å². The summed E-state index contributed by atoms with van der Waals surface area (Å²) in [5.74, 6) is 0.873. The normalized spacial score (nSPS) is 10.6. The Labute approximate surface area is 88.7 Å². The molecule has 0 aliphatic carbocycles. The number of imidazole rings is 1. The molecule has 80 valence electrons. The second-order valence-electron chi connectivity index (χ2n) is 3.65. The highest BCUT2D eigenvalue weighted by Crippen LogP contribution is 2.07. The molecule has 1 N–H and O–H groups in total. The Kier molecular flexibility index (Phi) is 2.45. The smallest absolute Gasteiger partial charge is 0.203 e. The topological polar surface area (TPSA) is 47.7 Å². The first-order valence-corrected chi connectivity index (χ1v) is 4.87. The maximum Gasteiger partial charge on any atom is 0.203 e. The average molecular weight is 205 g/mol. The standard InChI is InChI=1S/C10H15N5/c1-8-7-14(2)10(12-8)11-6-9-4-5-15(3)13-9/h4-5,7H,6H2,1-3H3,(H,11,12). The Morgan fingerprint density at radius 2 is 2.20 bits per heavy atom. The van der Waals surface area contributed by atoms with Gasteiger partial charge in [0, 0.05) is 26.5 Å². The van der Waals surface area contributed by atoms with Crippen molar-refractivity contribution in [2.45, 2.75) is 13.5 Å². The van der Waals surface area contributed by atoms with Crippen molar-refractivity contribution in [2.24, 2.45) is 14.1 Å². The Hall–Kier alpha value is -1.78. The van der Waals surface area contributed by atoms with E-state index >= 15 is 0 Å². The molecule has 0 radical (unpaired) electrons. The molecule has 0 saturated carbocycles. The summed E-state index contributed by atoms with van der Waals surface area (Å²) < 4.78 is 3.76. The number of aromatic nitrogens is 4. The van der Waals surface area contributed by atoms with Crippen LogP contribution < -0.4 is 5.32 Å². The lowest BCUT2D eigenvalue weighted by Crippen LogP contribution is -2.05. The molecule has 0 spiro atoms. The van der Waals surface area contributed by atoms with Gasteiger partial charge in [0.25, 0.3) is 0 Å². The van der Waals surface area contributed by atoms with Crippen LogP contribution in [0.15, 0.2) is 18.5 Å². The highest BCUT2D eigenvalue weighted by atomic mass is 15.3. The van der Waals surface area contributed by atoms with Crippen molar-refractivity contribution in [3.05, 3.63) is 29.8 Å². The van der Waals surface area contributed by atoms with Crippen LogP contribution in [0.4, 0.5) is 5.95 Å². The lowest BCUT2D eigenvalue weighted by molar-refractivity contribution is 0.745. The quantitative estimate of drug-likeness (QED) is 0.815. The molecule has 2 heterocycles. The Morgan fingerprint density at radius 3 is 2.73 bits per heavy atom. The highest BCUT2D eigenvalue weighted by Gasteiger charge is 2.02. The molecule has 0 amide bonds. The molecular weight excluding hydrogens is 190 g/mol. The first kappa shape index (κ1) is 9.76. The summed E-state index contributed by atoms with van der Waals surface area (Å²) in [4.78, 5) is 4.35. The molecule has 0 aliphatic heterocycles. The number of hydrogen-bond acceptors (Lipinski definition) is 3. The fourth-order valence-corrected chi connectivity index (χ4v) is 1.51.